The highest BCUT2D eigenvalue weighted by molar-refractivity contribution is 6.78. The van der Waals surface area contributed by atoms with E-state index in [0.29, 0.717) is 6.61 Å². The minimum absolute atomic E-state index is 0.00624. The Morgan fingerprint density at radius 3 is 2.71 bits per heavy atom. The minimum Gasteiger partial charge on any atom is -0.466 e. The van der Waals surface area contributed by atoms with Gasteiger partial charge >= 0.3 is 11.9 Å². The van der Waals surface area contributed by atoms with Crippen molar-refractivity contribution in [3.63, 3.8) is 0 Å². The Kier molecular flexibility index (Phi) is 3.51. The van der Waals surface area contributed by atoms with Gasteiger partial charge in [-0.2, -0.15) is 0 Å². The van der Waals surface area contributed by atoms with Gasteiger partial charge in [-0.1, -0.05) is 31.3 Å². The molecule has 3 aliphatic rings. The van der Waals surface area contributed by atoms with Gasteiger partial charge in [0.25, 0.3) is 0 Å². The molecule has 0 aromatic heterocycles. The summed E-state index contributed by atoms with van der Waals surface area (Å²) in [5, 5.41) is 0. The standard InChI is InChI=1S/C16H24O4Si/c1-5-19-15(17)13-11(21(2,3)4)8-9-6-7-10-12(9)14(13)16(18)20-10/h8,10-14H,5-7H2,1-4H3/t10-,11+,12+,13-,14+/m1/s1. The summed E-state index contributed by atoms with van der Waals surface area (Å²) in [7, 11) is -1.63. The molecule has 5 atom stereocenters. The SMILES string of the molecule is CCOC(=O)[C@H]1[C@H]2C(=O)O[C@@H]3CCC(=C[C@@H]1[Si](C)(C)C)[C@H]23. The maximum absolute atomic E-state index is 12.5. The van der Waals surface area contributed by atoms with Gasteiger partial charge in [-0.3, -0.25) is 9.59 Å². The van der Waals surface area contributed by atoms with Crippen LogP contribution in [0.4, 0.5) is 0 Å². The molecular weight excluding hydrogens is 284 g/mol. The Bertz CT molecular complexity index is 505. The summed E-state index contributed by atoms with van der Waals surface area (Å²) in [5.74, 6) is -0.930. The summed E-state index contributed by atoms with van der Waals surface area (Å²) in [6.45, 7) is 8.95. The van der Waals surface area contributed by atoms with Gasteiger partial charge in [0.15, 0.2) is 0 Å². The molecule has 0 amide bonds. The lowest BCUT2D eigenvalue weighted by Gasteiger charge is -2.40. The summed E-state index contributed by atoms with van der Waals surface area (Å²) >= 11 is 0. The lowest BCUT2D eigenvalue weighted by atomic mass is 9.73. The van der Waals surface area contributed by atoms with E-state index in [9.17, 15) is 9.59 Å². The fraction of sp³-hybridized carbons (Fsp3) is 0.750. The van der Waals surface area contributed by atoms with E-state index in [4.69, 9.17) is 9.47 Å². The van der Waals surface area contributed by atoms with Gasteiger partial charge in [0, 0.05) is 5.92 Å². The van der Waals surface area contributed by atoms with Gasteiger partial charge in [-0.15, -0.1) is 0 Å². The van der Waals surface area contributed by atoms with Crippen LogP contribution in [0.5, 0.6) is 0 Å². The minimum atomic E-state index is -1.63. The molecule has 5 heteroatoms. The predicted octanol–water partition coefficient (Wildman–Crippen LogP) is 2.77. The first-order valence-electron chi connectivity index (χ1n) is 7.92. The summed E-state index contributed by atoms with van der Waals surface area (Å²) in [6, 6.07) is 0. The van der Waals surface area contributed by atoms with Crippen molar-refractivity contribution < 1.29 is 19.1 Å². The van der Waals surface area contributed by atoms with Crippen molar-refractivity contribution >= 4 is 20.0 Å². The molecule has 0 aromatic carbocycles. The van der Waals surface area contributed by atoms with Crippen LogP contribution in [0.3, 0.4) is 0 Å². The lowest BCUT2D eigenvalue weighted by molar-refractivity contribution is -0.156. The van der Waals surface area contributed by atoms with E-state index in [1.165, 1.54) is 5.57 Å². The van der Waals surface area contributed by atoms with E-state index in [1.807, 2.05) is 6.92 Å². The maximum atomic E-state index is 12.5. The van der Waals surface area contributed by atoms with E-state index in [2.05, 4.69) is 25.7 Å². The first-order valence-corrected chi connectivity index (χ1v) is 11.5. The lowest BCUT2D eigenvalue weighted by Crippen LogP contribution is -2.46. The van der Waals surface area contributed by atoms with Crippen LogP contribution in [0, 0.1) is 17.8 Å². The second-order valence-electron chi connectivity index (χ2n) is 7.48. The quantitative estimate of drug-likeness (QED) is 0.457. The molecule has 1 heterocycles. The summed E-state index contributed by atoms with van der Waals surface area (Å²) in [6.07, 6.45) is 4.22. The highest BCUT2D eigenvalue weighted by Crippen LogP contribution is 2.55. The summed E-state index contributed by atoms with van der Waals surface area (Å²) in [5.41, 5.74) is 1.51. The average molecular weight is 308 g/mol. The Morgan fingerprint density at radius 2 is 2.10 bits per heavy atom. The van der Waals surface area contributed by atoms with E-state index in [0.717, 1.165) is 12.8 Å². The molecule has 0 N–H and O–H groups in total. The van der Waals surface area contributed by atoms with E-state index in [-0.39, 0.29) is 41.3 Å². The van der Waals surface area contributed by atoms with Gasteiger partial charge in [0.1, 0.15) is 6.10 Å². The molecule has 116 valence electrons. The molecule has 1 saturated carbocycles. The molecule has 1 aliphatic heterocycles. The van der Waals surface area contributed by atoms with Crippen molar-refractivity contribution in [2.24, 2.45) is 17.8 Å². The van der Waals surface area contributed by atoms with Crippen LogP contribution in [-0.4, -0.2) is 32.7 Å². The van der Waals surface area contributed by atoms with Crippen molar-refractivity contribution in [3.8, 4) is 0 Å². The summed E-state index contributed by atoms with van der Waals surface area (Å²) in [4.78, 5) is 24.9. The molecule has 0 spiro atoms. The second-order valence-corrected chi connectivity index (χ2v) is 12.9. The van der Waals surface area contributed by atoms with Crippen molar-refractivity contribution in [1.82, 2.24) is 0 Å². The highest BCUT2D eigenvalue weighted by atomic mass is 28.3. The molecule has 0 unspecified atom stereocenters. The number of allylic oxidation sites excluding steroid dienone is 1. The van der Waals surface area contributed by atoms with Gasteiger partial charge in [0.05, 0.1) is 26.5 Å². The zero-order valence-electron chi connectivity index (χ0n) is 13.2. The van der Waals surface area contributed by atoms with Gasteiger partial charge in [0.2, 0.25) is 0 Å². The fourth-order valence-corrected chi connectivity index (χ4v) is 6.44. The van der Waals surface area contributed by atoms with Crippen LogP contribution in [0.25, 0.3) is 0 Å². The zero-order valence-corrected chi connectivity index (χ0v) is 14.2. The highest BCUT2D eigenvalue weighted by Gasteiger charge is 2.60. The average Bonchev–Trinajstić information content (AvgIpc) is 2.93. The molecule has 3 rings (SSSR count). The van der Waals surface area contributed by atoms with E-state index in [1.54, 1.807) is 0 Å². The van der Waals surface area contributed by atoms with Gasteiger partial charge in [-0.05, 0) is 25.3 Å². The molecule has 4 nitrogen and oxygen atoms in total. The van der Waals surface area contributed by atoms with Crippen LogP contribution < -0.4 is 0 Å². The Hall–Kier alpha value is -1.10. The van der Waals surface area contributed by atoms with Crippen LogP contribution >= 0.6 is 0 Å². The van der Waals surface area contributed by atoms with Crippen molar-refractivity contribution in [2.45, 2.75) is 51.1 Å². The third-order valence-electron chi connectivity index (χ3n) is 5.20. The smallest absolute Gasteiger partial charge is 0.310 e. The molecular formula is C16H24O4Si. The van der Waals surface area contributed by atoms with Crippen LogP contribution in [0.15, 0.2) is 11.6 Å². The predicted molar refractivity (Wildman–Crippen MR) is 81.4 cm³/mol. The Labute approximate surface area is 126 Å². The monoisotopic (exact) mass is 308 g/mol. The number of hydrogen-bond donors (Lipinski definition) is 0. The van der Waals surface area contributed by atoms with Crippen LogP contribution in [0.1, 0.15) is 19.8 Å². The molecule has 1 saturated heterocycles. The zero-order chi connectivity index (χ0) is 15.4. The largest absolute Gasteiger partial charge is 0.466 e. The third kappa shape index (κ3) is 2.26. The fourth-order valence-electron chi connectivity index (χ4n) is 4.30. The second kappa shape index (κ2) is 4.97. The van der Waals surface area contributed by atoms with Crippen molar-refractivity contribution in [3.05, 3.63) is 11.6 Å². The first kappa shape index (κ1) is 14.8. The molecule has 0 radical (unpaired) electrons. The van der Waals surface area contributed by atoms with Crippen LogP contribution in [0.2, 0.25) is 25.2 Å². The molecule has 0 bridgehead atoms. The maximum Gasteiger partial charge on any atom is 0.310 e. The first-order chi connectivity index (χ1) is 9.84. The molecule has 2 fully saturated rings. The number of ether oxygens (including phenoxy) is 2. The normalized spacial score (nSPS) is 37.8. The number of carbonyl (C=O) groups excluding carboxylic acids is 2. The number of esters is 2. The molecule has 0 aromatic rings. The Balaban J connectivity index is 2.05. The van der Waals surface area contributed by atoms with Gasteiger partial charge in [-0.25, -0.2) is 0 Å². The topological polar surface area (TPSA) is 52.6 Å². The summed E-state index contributed by atoms with van der Waals surface area (Å²) < 4.78 is 10.8. The van der Waals surface area contributed by atoms with E-state index >= 15 is 0 Å². The van der Waals surface area contributed by atoms with Crippen molar-refractivity contribution in [2.75, 3.05) is 6.61 Å². The Morgan fingerprint density at radius 1 is 1.38 bits per heavy atom. The number of hydrogen-bond acceptors (Lipinski definition) is 4. The molecule has 21 heavy (non-hydrogen) atoms. The number of carbonyl (C=O) groups is 2. The third-order valence-corrected chi connectivity index (χ3v) is 7.72. The number of rotatable bonds is 3. The van der Waals surface area contributed by atoms with Gasteiger partial charge < -0.3 is 9.47 Å². The van der Waals surface area contributed by atoms with E-state index < -0.39 is 8.07 Å². The molecule has 2 aliphatic carbocycles. The van der Waals surface area contributed by atoms with Crippen LogP contribution in [-0.2, 0) is 19.1 Å². The van der Waals surface area contributed by atoms with Crippen molar-refractivity contribution in [1.29, 1.82) is 0 Å².